The highest BCUT2D eigenvalue weighted by molar-refractivity contribution is 7.81. The Bertz CT molecular complexity index is 439. The standard InChI is InChI=1S/C12H14FNO2S/c1-16-11-4-9(13)3-2-8(11)6-14-7-10(17)5-12(14)15/h2-4,10,17H,5-7H2,1H3. The van der Waals surface area contributed by atoms with Crippen LogP contribution in [0.1, 0.15) is 12.0 Å². The fourth-order valence-corrected chi connectivity index (χ4v) is 2.31. The summed E-state index contributed by atoms with van der Waals surface area (Å²) in [5.74, 6) is 0.210. The number of rotatable bonds is 3. The van der Waals surface area contributed by atoms with E-state index in [2.05, 4.69) is 12.6 Å². The number of hydrogen-bond acceptors (Lipinski definition) is 3. The maximum absolute atomic E-state index is 13.0. The Balaban J connectivity index is 2.16. The lowest BCUT2D eigenvalue weighted by Crippen LogP contribution is -2.24. The third kappa shape index (κ3) is 2.72. The smallest absolute Gasteiger partial charge is 0.224 e. The first kappa shape index (κ1) is 12.2. The Kier molecular flexibility index (Phi) is 3.57. The van der Waals surface area contributed by atoms with Gasteiger partial charge in [0, 0.05) is 36.4 Å². The van der Waals surface area contributed by atoms with E-state index in [-0.39, 0.29) is 17.0 Å². The number of carbonyl (C=O) groups is 1. The van der Waals surface area contributed by atoms with Gasteiger partial charge in [0.05, 0.1) is 7.11 Å². The number of thiol groups is 1. The van der Waals surface area contributed by atoms with Gasteiger partial charge < -0.3 is 9.64 Å². The van der Waals surface area contributed by atoms with Gasteiger partial charge in [-0.15, -0.1) is 0 Å². The third-order valence-corrected chi connectivity index (χ3v) is 3.15. The second-order valence-electron chi connectivity index (χ2n) is 4.09. The van der Waals surface area contributed by atoms with Crippen molar-refractivity contribution in [1.82, 2.24) is 4.90 Å². The van der Waals surface area contributed by atoms with Gasteiger partial charge >= 0.3 is 0 Å². The Labute approximate surface area is 105 Å². The third-order valence-electron chi connectivity index (χ3n) is 2.80. The van der Waals surface area contributed by atoms with Crippen LogP contribution in [0.5, 0.6) is 5.75 Å². The number of likely N-dealkylation sites (tertiary alicyclic amines) is 1. The van der Waals surface area contributed by atoms with Crippen molar-refractivity contribution >= 4 is 18.5 Å². The van der Waals surface area contributed by atoms with Crippen molar-refractivity contribution in [2.75, 3.05) is 13.7 Å². The molecule has 1 aliphatic rings. The molecule has 0 aromatic heterocycles. The number of halogens is 1. The molecule has 0 aliphatic carbocycles. The van der Waals surface area contributed by atoms with E-state index in [1.807, 2.05) is 0 Å². The molecule has 5 heteroatoms. The van der Waals surface area contributed by atoms with E-state index in [9.17, 15) is 9.18 Å². The lowest BCUT2D eigenvalue weighted by atomic mass is 10.2. The molecule has 1 fully saturated rings. The van der Waals surface area contributed by atoms with Gasteiger partial charge in [0.1, 0.15) is 11.6 Å². The van der Waals surface area contributed by atoms with Crippen molar-refractivity contribution in [3.8, 4) is 5.75 Å². The molecule has 92 valence electrons. The molecular weight excluding hydrogens is 241 g/mol. The van der Waals surface area contributed by atoms with Crippen molar-refractivity contribution in [1.29, 1.82) is 0 Å². The fourth-order valence-electron chi connectivity index (χ4n) is 1.96. The van der Waals surface area contributed by atoms with E-state index >= 15 is 0 Å². The Morgan fingerprint density at radius 2 is 2.35 bits per heavy atom. The zero-order chi connectivity index (χ0) is 12.4. The Hall–Kier alpha value is -1.23. The number of methoxy groups -OCH3 is 1. The quantitative estimate of drug-likeness (QED) is 0.835. The van der Waals surface area contributed by atoms with Gasteiger partial charge in [0.2, 0.25) is 5.91 Å². The van der Waals surface area contributed by atoms with Crippen molar-refractivity contribution in [3.05, 3.63) is 29.6 Å². The highest BCUT2D eigenvalue weighted by Gasteiger charge is 2.27. The first-order valence-corrected chi connectivity index (χ1v) is 5.90. The van der Waals surface area contributed by atoms with Gasteiger partial charge in [-0.25, -0.2) is 4.39 Å². The molecule has 1 unspecified atom stereocenters. The van der Waals surface area contributed by atoms with Gasteiger partial charge in [-0.05, 0) is 6.07 Å². The predicted octanol–water partition coefficient (Wildman–Crippen LogP) is 1.86. The van der Waals surface area contributed by atoms with Crippen LogP contribution in [-0.4, -0.2) is 29.7 Å². The Morgan fingerprint density at radius 3 is 2.94 bits per heavy atom. The van der Waals surface area contributed by atoms with E-state index in [1.165, 1.54) is 19.2 Å². The topological polar surface area (TPSA) is 29.5 Å². The van der Waals surface area contributed by atoms with E-state index in [0.29, 0.717) is 25.3 Å². The summed E-state index contributed by atoms with van der Waals surface area (Å²) in [5.41, 5.74) is 0.810. The zero-order valence-corrected chi connectivity index (χ0v) is 10.4. The van der Waals surface area contributed by atoms with Crippen molar-refractivity contribution < 1.29 is 13.9 Å². The molecule has 0 radical (unpaired) electrons. The normalized spacial score (nSPS) is 19.8. The van der Waals surface area contributed by atoms with Crippen molar-refractivity contribution in [3.63, 3.8) is 0 Å². The van der Waals surface area contributed by atoms with Crippen LogP contribution in [0.25, 0.3) is 0 Å². The molecule has 1 saturated heterocycles. The summed E-state index contributed by atoms with van der Waals surface area (Å²) >= 11 is 4.29. The number of ether oxygens (including phenoxy) is 1. The average Bonchev–Trinajstić information content (AvgIpc) is 2.60. The number of benzene rings is 1. The first-order chi connectivity index (χ1) is 8.10. The maximum atomic E-state index is 13.0. The van der Waals surface area contributed by atoms with Gasteiger partial charge in [-0.2, -0.15) is 12.6 Å². The minimum atomic E-state index is -0.342. The van der Waals surface area contributed by atoms with Gasteiger partial charge in [0.25, 0.3) is 0 Å². The predicted molar refractivity (Wildman–Crippen MR) is 65.8 cm³/mol. The molecule has 17 heavy (non-hydrogen) atoms. The van der Waals surface area contributed by atoms with Crippen molar-refractivity contribution in [2.45, 2.75) is 18.2 Å². The summed E-state index contributed by atoms with van der Waals surface area (Å²) in [6.45, 7) is 1.07. The summed E-state index contributed by atoms with van der Waals surface area (Å²) < 4.78 is 18.1. The van der Waals surface area contributed by atoms with Crippen LogP contribution in [0.3, 0.4) is 0 Å². The first-order valence-electron chi connectivity index (χ1n) is 5.38. The molecule has 0 N–H and O–H groups in total. The Morgan fingerprint density at radius 1 is 1.59 bits per heavy atom. The summed E-state index contributed by atoms with van der Waals surface area (Å²) in [6, 6.07) is 4.35. The average molecular weight is 255 g/mol. The highest BCUT2D eigenvalue weighted by atomic mass is 32.1. The molecule has 0 saturated carbocycles. The van der Waals surface area contributed by atoms with Crippen LogP contribution in [0.2, 0.25) is 0 Å². The molecule has 0 bridgehead atoms. The molecular formula is C12H14FNO2S. The molecule has 1 aliphatic heterocycles. The highest BCUT2D eigenvalue weighted by Crippen LogP contribution is 2.24. The van der Waals surface area contributed by atoms with E-state index in [0.717, 1.165) is 5.56 Å². The number of carbonyl (C=O) groups excluding carboxylic acids is 1. The lowest BCUT2D eigenvalue weighted by molar-refractivity contribution is -0.128. The van der Waals surface area contributed by atoms with Crippen LogP contribution >= 0.6 is 12.6 Å². The second-order valence-corrected chi connectivity index (χ2v) is 4.82. The zero-order valence-electron chi connectivity index (χ0n) is 9.52. The van der Waals surface area contributed by atoms with Gasteiger partial charge in [0.15, 0.2) is 0 Å². The molecule has 2 rings (SSSR count). The van der Waals surface area contributed by atoms with Crippen LogP contribution in [-0.2, 0) is 11.3 Å². The van der Waals surface area contributed by atoms with Crippen LogP contribution < -0.4 is 4.74 Å². The minimum Gasteiger partial charge on any atom is -0.496 e. The second kappa shape index (κ2) is 4.96. The number of nitrogens with zero attached hydrogens (tertiary/aromatic N) is 1. The summed E-state index contributed by atoms with van der Waals surface area (Å²) in [6.07, 6.45) is 0.465. The monoisotopic (exact) mass is 255 g/mol. The lowest BCUT2D eigenvalue weighted by Gasteiger charge is -2.17. The van der Waals surface area contributed by atoms with Gasteiger partial charge in [-0.3, -0.25) is 4.79 Å². The van der Waals surface area contributed by atoms with Crippen LogP contribution in [0.4, 0.5) is 4.39 Å². The number of hydrogen-bond donors (Lipinski definition) is 1. The summed E-state index contributed by atoms with van der Waals surface area (Å²) in [5, 5.41) is 0.0916. The number of amides is 1. The van der Waals surface area contributed by atoms with Crippen molar-refractivity contribution in [2.24, 2.45) is 0 Å². The molecule has 0 spiro atoms. The molecule has 1 heterocycles. The molecule has 1 aromatic carbocycles. The molecule has 3 nitrogen and oxygen atoms in total. The van der Waals surface area contributed by atoms with E-state index < -0.39 is 0 Å². The SMILES string of the molecule is COc1cc(F)ccc1CN1CC(S)CC1=O. The summed E-state index contributed by atoms with van der Waals surface area (Å²) in [7, 11) is 1.49. The molecule has 1 atom stereocenters. The maximum Gasteiger partial charge on any atom is 0.224 e. The molecule has 1 aromatic rings. The van der Waals surface area contributed by atoms with E-state index in [1.54, 1.807) is 11.0 Å². The van der Waals surface area contributed by atoms with Gasteiger partial charge in [-0.1, -0.05) is 6.07 Å². The summed E-state index contributed by atoms with van der Waals surface area (Å²) in [4.78, 5) is 13.3. The molecule has 1 amide bonds. The minimum absolute atomic E-state index is 0.0800. The van der Waals surface area contributed by atoms with Crippen LogP contribution in [0, 0.1) is 5.82 Å². The fraction of sp³-hybridized carbons (Fsp3) is 0.417. The largest absolute Gasteiger partial charge is 0.496 e. The van der Waals surface area contributed by atoms with E-state index in [4.69, 9.17) is 4.74 Å². The van der Waals surface area contributed by atoms with Crippen LogP contribution in [0.15, 0.2) is 18.2 Å².